The van der Waals surface area contributed by atoms with Gasteiger partial charge < -0.3 is 19.7 Å². The van der Waals surface area contributed by atoms with Gasteiger partial charge in [0.15, 0.2) is 6.23 Å². The number of ether oxygens (including phenoxy) is 2. The van der Waals surface area contributed by atoms with E-state index in [0.29, 0.717) is 19.4 Å². The van der Waals surface area contributed by atoms with Crippen molar-refractivity contribution in [2.24, 2.45) is 0 Å². The Kier molecular flexibility index (Phi) is 5.12. The van der Waals surface area contributed by atoms with Crippen LogP contribution in [0, 0.1) is 0 Å². The van der Waals surface area contributed by atoms with E-state index in [1.165, 1.54) is 0 Å². The van der Waals surface area contributed by atoms with Gasteiger partial charge in [0.05, 0.1) is 12.3 Å². The molecule has 1 N–H and O–H groups in total. The van der Waals surface area contributed by atoms with Crippen molar-refractivity contribution in [3.8, 4) is 5.75 Å². The number of esters is 1. The number of carbonyl (C=O) groups excluding carboxylic acids is 1. The first-order valence-corrected chi connectivity index (χ1v) is 8.56. The Hall–Kier alpha value is -2.69. The molecule has 0 aromatic heterocycles. The molecular weight excluding hydrogens is 316 g/mol. The summed E-state index contributed by atoms with van der Waals surface area (Å²) in [5.74, 6) is 0.674. The van der Waals surface area contributed by atoms with Gasteiger partial charge in [0.2, 0.25) is 0 Å². The van der Waals surface area contributed by atoms with Crippen LogP contribution in [-0.4, -0.2) is 26.7 Å². The smallest absolute Gasteiger partial charge is 0.306 e. The second kappa shape index (κ2) is 7.47. The Morgan fingerprint density at radius 1 is 1.20 bits per heavy atom. The summed E-state index contributed by atoms with van der Waals surface area (Å²) in [6, 6.07) is 14.3. The van der Waals surface area contributed by atoms with Gasteiger partial charge in [0.1, 0.15) is 5.75 Å². The Morgan fingerprint density at radius 3 is 2.64 bits per heavy atom. The summed E-state index contributed by atoms with van der Waals surface area (Å²) in [5.41, 5.74) is 4.28. The summed E-state index contributed by atoms with van der Waals surface area (Å²) in [4.78, 5) is 13.6. The van der Waals surface area contributed by atoms with Crippen molar-refractivity contribution >= 4 is 17.3 Å². The summed E-state index contributed by atoms with van der Waals surface area (Å²) in [6.07, 6.45) is 0.866. The molecule has 1 heterocycles. The highest BCUT2D eigenvalue weighted by molar-refractivity contribution is 5.70. The first kappa shape index (κ1) is 17.1. The molecule has 0 saturated carbocycles. The molecule has 25 heavy (non-hydrogen) atoms. The van der Waals surface area contributed by atoms with Crippen LogP contribution in [0.1, 0.15) is 30.7 Å². The van der Waals surface area contributed by atoms with E-state index in [9.17, 15) is 4.79 Å². The van der Waals surface area contributed by atoms with Gasteiger partial charge in [-0.1, -0.05) is 18.2 Å². The molecule has 1 aliphatic rings. The molecule has 0 spiro atoms. The molecule has 5 heteroatoms. The summed E-state index contributed by atoms with van der Waals surface area (Å²) in [6.45, 7) is 2.24. The van der Waals surface area contributed by atoms with Crippen LogP contribution in [0.2, 0.25) is 0 Å². The Labute approximate surface area is 148 Å². The molecule has 1 aliphatic heterocycles. The van der Waals surface area contributed by atoms with Crippen LogP contribution in [0.15, 0.2) is 42.5 Å². The lowest BCUT2D eigenvalue weighted by atomic mass is 10.1. The number of carbonyl (C=O) groups is 1. The Balaban J connectivity index is 1.65. The number of benzene rings is 2. The van der Waals surface area contributed by atoms with Gasteiger partial charge in [-0.2, -0.15) is 0 Å². The molecule has 132 valence electrons. The minimum absolute atomic E-state index is 0.161. The minimum atomic E-state index is -0.188. The van der Waals surface area contributed by atoms with E-state index in [4.69, 9.17) is 9.47 Å². The van der Waals surface area contributed by atoms with Crippen LogP contribution in [0.5, 0.6) is 5.75 Å². The van der Waals surface area contributed by atoms with E-state index < -0.39 is 0 Å². The summed E-state index contributed by atoms with van der Waals surface area (Å²) < 4.78 is 11.0. The van der Waals surface area contributed by atoms with E-state index in [-0.39, 0.29) is 12.2 Å². The van der Waals surface area contributed by atoms with Crippen LogP contribution in [-0.2, 0) is 16.0 Å². The highest BCUT2D eigenvalue weighted by atomic mass is 16.5. The van der Waals surface area contributed by atoms with Crippen molar-refractivity contribution in [3.05, 3.63) is 53.6 Å². The fraction of sp³-hybridized carbons (Fsp3) is 0.350. The predicted octanol–water partition coefficient (Wildman–Crippen LogP) is 3.75. The number of anilines is 2. The third-order valence-electron chi connectivity index (χ3n) is 4.21. The van der Waals surface area contributed by atoms with Gasteiger partial charge in [0.25, 0.3) is 0 Å². The largest absolute Gasteiger partial charge is 0.466 e. The highest BCUT2D eigenvalue weighted by Crippen LogP contribution is 2.38. The highest BCUT2D eigenvalue weighted by Gasteiger charge is 2.23. The lowest BCUT2D eigenvalue weighted by Gasteiger charge is -2.15. The van der Waals surface area contributed by atoms with Crippen molar-refractivity contribution in [1.29, 1.82) is 0 Å². The molecule has 0 aliphatic carbocycles. The van der Waals surface area contributed by atoms with Gasteiger partial charge >= 0.3 is 5.97 Å². The summed E-state index contributed by atoms with van der Waals surface area (Å²) >= 11 is 0. The van der Waals surface area contributed by atoms with Gasteiger partial charge in [-0.15, -0.1) is 0 Å². The number of aryl methyl sites for hydroxylation is 1. The molecule has 0 amide bonds. The third kappa shape index (κ3) is 4.05. The van der Waals surface area contributed by atoms with Crippen molar-refractivity contribution in [3.63, 3.8) is 0 Å². The maximum absolute atomic E-state index is 11.5. The number of rotatable bonds is 6. The first-order chi connectivity index (χ1) is 12.1. The molecular formula is C20H24N2O3. The maximum atomic E-state index is 11.5. The number of nitrogens with zero attached hydrogens (tertiary/aromatic N) is 1. The Bertz CT molecular complexity index is 741. The minimum Gasteiger partial charge on any atom is -0.466 e. The van der Waals surface area contributed by atoms with E-state index >= 15 is 0 Å². The molecule has 0 bridgehead atoms. The molecule has 5 nitrogen and oxygen atoms in total. The average Bonchev–Trinajstić information content (AvgIpc) is 3.03. The topological polar surface area (TPSA) is 50.8 Å². The van der Waals surface area contributed by atoms with Gasteiger partial charge in [-0.05, 0) is 43.2 Å². The average molecular weight is 340 g/mol. The maximum Gasteiger partial charge on any atom is 0.306 e. The zero-order chi connectivity index (χ0) is 17.8. The molecule has 2 aromatic carbocycles. The lowest BCUT2D eigenvalue weighted by Crippen LogP contribution is -2.12. The molecule has 3 rings (SSSR count). The van der Waals surface area contributed by atoms with Gasteiger partial charge in [-0.3, -0.25) is 4.79 Å². The van der Waals surface area contributed by atoms with Crippen molar-refractivity contribution < 1.29 is 14.3 Å². The lowest BCUT2D eigenvalue weighted by molar-refractivity contribution is -0.143. The van der Waals surface area contributed by atoms with Crippen LogP contribution in [0.3, 0.4) is 0 Å². The third-order valence-corrected chi connectivity index (χ3v) is 4.21. The number of hydrogen-bond acceptors (Lipinski definition) is 5. The molecule has 2 aromatic rings. The van der Waals surface area contributed by atoms with Crippen molar-refractivity contribution in [2.45, 2.75) is 26.0 Å². The van der Waals surface area contributed by atoms with Crippen molar-refractivity contribution in [1.82, 2.24) is 0 Å². The van der Waals surface area contributed by atoms with Crippen LogP contribution in [0.4, 0.5) is 11.4 Å². The fourth-order valence-corrected chi connectivity index (χ4v) is 2.82. The van der Waals surface area contributed by atoms with E-state index in [1.807, 2.05) is 39.2 Å². The zero-order valence-electron chi connectivity index (χ0n) is 14.9. The second-order valence-electron chi connectivity index (χ2n) is 6.26. The van der Waals surface area contributed by atoms with Crippen LogP contribution < -0.4 is 15.0 Å². The molecule has 0 radical (unpaired) electrons. The van der Waals surface area contributed by atoms with Crippen LogP contribution >= 0.6 is 0 Å². The Morgan fingerprint density at radius 2 is 1.96 bits per heavy atom. The number of fused-ring (bicyclic) bond motifs is 1. The normalized spacial score (nSPS) is 15.1. The standard InChI is InChI=1S/C20H24N2O3/c1-4-24-19(23)12-6-14-5-11-18-17(13-14)21-20(25-18)15-7-9-16(10-8-15)22(2)3/h5,7-11,13,20-21H,4,6,12H2,1-3H3/t20-/m0/s1. The second-order valence-corrected chi connectivity index (χ2v) is 6.26. The van der Waals surface area contributed by atoms with Crippen LogP contribution in [0.25, 0.3) is 0 Å². The first-order valence-electron chi connectivity index (χ1n) is 8.56. The van der Waals surface area contributed by atoms with E-state index in [1.54, 1.807) is 0 Å². The quantitative estimate of drug-likeness (QED) is 0.812. The predicted molar refractivity (Wildman–Crippen MR) is 99.2 cm³/mol. The van der Waals surface area contributed by atoms with E-state index in [0.717, 1.165) is 28.3 Å². The number of hydrogen-bond donors (Lipinski definition) is 1. The van der Waals surface area contributed by atoms with E-state index in [2.05, 4.69) is 34.5 Å². The molecule has 1 atom stereocenters. The summed E-state index contributed by atoms with van der Waals surface area (Å²) in [5, 5.41) is 3.40. The molecule has 0 unspecified atom stereocenters. The van der Waals surface area contributed by atoms with Crippen molar-refractivity contribution in [2.75, 3.05) is 30.9 Å². The SMILES string of the molecule is CCOC(=O)CCc1ccc2c(c1)N[C@H](c1ccc(N(C)C)cc1)O2. The summed E-state index contributed by atoms with van der Waals surface area (Å²) in [7, 11) is 4.04. The molecule has 0 fully saturated rings. The monoisotopic (exact) mass is 340 g/mol. The van der Waals surface area contributed by atoms with Gasteiger partial charge in [-0.25, -0.2) is 0 Å². The number of nitrogens with one attached hydrogen (secondary N) is 1. The zero-order valence-corrected chi connectivity index (χ0v) is 14.9. The van der Waals surface area contributed by atoms with Gasteiger partial charge in [0, 0.05) is 31.8 Å². The molecule has 0 saturated heterocycles. The fourth-order valence-electron chi connectivity index (χ4n) is 2.82.